The fourth-order valence-electron chi connectivity index (χ4n) is 2.41. The summed E-state index contributed by atoms with van der Waals surface area (Å²) in [5.74, 6) is 0. The van der Waals surface area contributed by atoms with E-state index >= 15 is 0 Å². The number of hydrogen-bond donors (Lipinski definition) is 1. The first-order chi connectivity index (χ1) is 8.65. The Morgan fingerprint density at radius 1 is 0.889 bits per heavy atom. The minimum Gasteiger partial charge on any atom is -0.398 e. The second kappa shape index (κ2) is 5.26. The van der Waals surface area contributed by atoms with Crippen molar-refractivity contribution in [3.8, 4) is 11.1 Å². The van der Waals surface area contributed by atoms with Gasteiger partial charge in [0.1, 0.15) is 0 Å². The summed E-state index contributed by atoms with van der Waals surface area (Å²) in [6.45, 7) is 6.48. The molecule has 0 amide bonds. The summed E-state index contributed by atoms with van der Waals surface area (Å²) in [7, 11) is 0. The Morgan fingerprint density at radius 2 is 1.61 bits per heavy atom. The predicted molar refractivity (Wildman–Crippen MR) is 79.8 cm³/mol. The lowest BCUT2D eigenvalue weighted by Gasteiger charge is -2.11. The molecule has 2 N–H and O–H groups in total. The first-order valence-corrected chi connectivity index (χ1v) is 6.64. The molecule has 94 valence electrons. The van der Waals surface area contributed by atoms with Crippen LogP contribution in [-0.2, 0) is 12.8 Å². The summed E-state index contributed by atoms with van der Waals surface area (Å²) in [5, 5.41) is 0. The zero-order valence-corrected chi connectivity index (χ0v) is 11.5. The quantitative estimate of drug-likeness (QED) is 0.791. The van der Waals surface area contributed by atoms with Gasteiger partial charge in [0.05, 0.1) is 0 Å². The van der Waals surface area contributed by atoms with E-state index in [1.54, 1.807) is 0 Å². The van der Waals surface area contributed by atoms with Crippen LogP contribution in [0.2, 0.25) is 0 Å². The summed E-state index contributed by atoms with van der Waals surface area (Å²) in [5.41, 5.74) is 13.4. The fraction of sp³-hybridized carbons (Fsp3) is 0.294. The minimum absolute atomic E-state index is 0.862. The molecular weight excluding hydrogens is 218 g/mol. The standard InChI is InChI=1S/C17H21N/c1-4-13-7-8-15(11-14(13)5-2)16-9-6-12(3)10-17(16)18/h6-11H,4-5,18H2,1-3H3. The van der Waals surface area contributed by atoms with Crippen molar-refractivity contribution in [3.05, 3.63) is 53.1 Å². The number of rotatable bonds is 3. The molecule has 2 rings (SSSR count). The number of nitrogens with two attached hydrogens (primary N) is 1. The van der Waals surface area contributed by atoms with Crippen LogP contribution < -0.4 is 5.73 Å². The van der Waals surface area contributed by atoms with Crippen molar-refractivity contribution in [2.45, 2.75) is 33.6 Å². The molecule has 0 spiro atoms. The SMILES string of the molecule is CCc1ccc(-c2ccc(C)cc2N)cc1CC. The van der Waals surface area contributed by atoms with Crippen LogP contribution in [0.3, 0.4) is 0 Å². The Kier molecular flexibility index (Phi) is 3.71. The summed E-state index contributed by atoms with van der Waals surface area (Å²) < 4.78 is 0. The van der Waals surface area contributed by atoms with E-state index in [-0.39, 0.29) is 0 Å². The fourth-order valence-corrected chi connectivity index (χ4v) is 2.41. The topological polar surface area (TPSA) is 26.0 Å². The van der Waals surface area contributed by atoms with Crippen LogP contribution in [-0.4, -0.2) is 0 Å². The highest BCUT2D eigenvalue weighted by Crippen LogP contribution is 2.28. The van der Waals surface area contributed by atoms with Crippen molar-refractivity contribution in [2.75, 3.05) is 5.73 Å². The van der Waals surface area contributed by atoms with Gasteiger partial charge in [-0.05, 0) is 48.1 Å². The molecule has 0 aliphatic rings. The van der Waals surface area contributed by atoms with Gasteiger partial charge >= 0.3 is 0 Å². The van der Waals surface area contributed by atoms with Gasteiger partial charge in [0.25, 0.3) is 0 Å². The largest absolute Gasteiger partial charge is 0.398 e. The molecule has 0 unspecified atom stereocenters. The summed E-state index contributed by atoms with van der Waals surface area (Å²) in [4.78, 5) is 0. The van der Waals surface area contributed by atoms with Gasteiger partial charge in [-0.25, -0.2) is 0 Å². The van der Waals surface area contributed by atoms with E-state index in [4.69, 9.17) is 5.73 Å². The van der Waals surface area contributed by atoms with Gasteiger partial charge in [0.2, 0.25) is 0 Å². The molecule has 0 aromatic heterocycles. The normalized spacial score (nSPS) is 10.6. The van der Waals surface area contributed by atoms with Gasteiger partial charge in [-0.2, -0.15) is 0 Å². The second-order valence-corrected chi connectivity index (χ2v) is 4.78. The zero-order valence-electron chi connectivity index (χ0n) is 11.5. The van der Waals surface area contributed by atoms with E-state index in [9.17, 15) is 0 Å². The summed E-state index contributed by atoms with van der Waals surface area (Å²) >= 11 is 0. The van der Waals surface area contributed by atoms with Crippen molar-refractivity contribution in [1.29, 1.82) is 0 Å². The van der Waals surface area contributed by atoms with Crippen molar-refractivity contribution >= 4 is 5.69 Å². The monoisotopic (exact) mass is 239 g/mol. The number of benzene rings is 2. The van der Waals surface area contributed by atoms with Crippen LogP contribution in [0.1, 0.15) is 30.5 Å². The highest BCUT2D eigenvalue weighted by molar-refractivity contribution is 5.77. The first kappa shape index (κ1) is 12.7. The lowest BCUT2D eigenvalue weighted by atomic mass is 9.95. The summed E-state index contributed by atoms with van der Waals surface area (Å²) in [6, 6.07) is 13.0. The van der Waals surface area contributed by atoms with E-state index < -0.39 is 0 Å². The Bertz CT molecular complexity index is 556. The van der Waals surface area contributed by atoms with Crippen molar-refractivity contribution in [2.24, 2.45) is 0 Å². The maximum absolute atomic E-state index is 6.12. The average Bonchev–Trinajstić information content (AvgIpc) is 2.38. The van der Waals surface area contributed by atoms with Gasteiger partial charge in [-0.3, -0.25) is 0 Å². The van der Waals surface area contributed by atoms with Crippen LogP contribution in [0.15, 0.2) is 36.4 Å². The summed E-state index contributed by atoms with van der Waals surface area (Å²) in [6.07, 6.45) is 2.16. The molecule has 2 aromatic rings. The Hall–Kier alpha value is -1.76. The first-order valence-electron chi connectivity index (χ1n) is 6.64. The molecule has 0 aliphatic heterocycles. The van der Waals surface area contributed by atoms with Crippen molar-refractivity contribution in [1.82, 2.24) is 0 Å². The minimum atomic E-state index is 0.862. The van der Waals surface area contributed by atoms with Crippen molar-refractivity contribution in [3.63, 3.8) is 0 Å². The van der Waals surface area contributed by atoms with Crippen LogP contribution in [0.4, 0.5) is 5.69 Å². The molecule has 0 saturated carbocycles. The van der Waals surface area contributed by atoms with Crippen molar-refractivity contribution < 1.29 is 0 Å². The molecule has 0 aliphatic carbocycles. The highest BCUT2D eigenvalue weighted by atomic mass is 14.6. The molecule has 1 heteroatoms. The third-order valence-corrected chi connectivity index (χ3v) is 3.49. The van der Waals surface area contributed by atoms with E-state index in [1.807, 2.05) is 6.07 Å². The predicted octanol–water partition coefficient (Wildman–Crippen LogP) is 4.37. The molecular formula is C17H21N. The Balaban J connectivity index is 2.51. The Labute approximate surface area is 110 Å². The second-order valence-electron chi connectivity index (χ2n) is 4.78. The van der Waals surface area contributed by atoms with Crippen LogP contribution in [0, 0.1) is 6.92 Å². The molecule has 0 saturated heterocycles. The molecule has 18 heavy (non-hydrogen) atoms. The van der Waals surface area contributed by atoms with Gasteiger partial charge in [0.15, 0.2) is 0 Å². The number of anilines is 1. The van der Waals surface area contributed by atoms with Gasteiger partial charge < -0.3 is 5.73 Å². The molecule has 1 nitrogen and oxygen atoms in total. The lowest BCUT2D eigenvalue weighted by Crippen LogP contribution is -1.94. The third kappa shape index (κ3) is 2.40. The molecule has 0 fully saturated rings. The van der Waals surface area contributed by atoms with Gasteiger partial charge in [-0.15, -0.1) is 0 Å². The van der Waals surface area contributed by atoms with E-state index in [2.05, 4.69) is 51.1 Å². The van der Waals surface area contributed by atoms with E-state index in [0.29, 0.717) is 0 Å². The zero-order chi connectivity index (χ0) is 13.1. The number of aryl methyl sites for hydroxylation is 3. The van der Waals surface area contributed by atoms with Crippen LogP contribution in [0.25, 0.3) is 11.1 Å². The lowest BCUT2D eigenvalue weighted by molar-refractivity contribution is 1.04. The van der Waals surface area contributed by atoms with Gasteiger partial charge in [-0.1, -0.05) is 44.2 Å². The molecule has 0 bridgehead atoms. The number of hydrogen-bond acceptors (Lipinski definition) is 1. The van der Waals surface area contributed by atoms with E-state index in [0.717, 1.165) is 24.1 Å². The molecule has 0 radical (unpaired) electrons. The van der Waals surface area contributed by atoms with Gasteiger partial charge in [0, 0.05) is 11.3 Å². The molecule has 0 heterocycles. The maximum Gasteiger partial charge on any atom is 0.0396 e. The van der Waals surface area contributed by atoms with E-state index in [1.165, 1.54) is 22.3 Å². The third-order valence-electron chi connectivity index (χ3n) is 3.49. The molecule has 2 aromatic carbocycles. The number of nitrogen functional groups attached to an aromatic ring is 1. The molecule has 0 atom stereocenters. The highest BCUT2D eigenvalue weighted by Gasteiger charge is 2.06. The van der Waals surface area contributed by atoms with Crippen LogP contribution in [0.5, 0.6) is 0 Å². The smallest absolute Gasteiger partial charge is 0.0396 e. The maximum atomic E-state index is 6.12. The average molecular weight is 239 g/mol. The Morgan fingerprint density at radius 3 is 2.22 bits per heavy atom. The van der Waals surface area contributed by atoms with Crippen LogP contribution >= 0.6 is 0 Å².